The molecule has 1 aliphatic rings. The van der Waals surface area contributed by atoms with Crippen molar-refractivity contribution >= 4 is 11.7 Å². The quantitative estimate of drug-likeness (QED) is 0.590. The summed E-state index contributed by atoms with van der Waals surface area (Å²) in [5, 5.41) is 8.81. The maximum atomic E-state index is 13.2. The van der Waals surface area contributed by atoms with Crippen LogP contribution in [0, 0.1) is 0 Å². The third kappa shape index (κ3) is 4.16. The third-order valence-corrected chi connectivity index (χ3v) is 5.57. The summed E-state index contributed by atoms with van der Waals surface area (Å²) in [6, 6.07) is 17.0. The predicted molar refractivity (Wildman–Crippen MR) is 122 cm³/mol. The van der Waals surface area contributed by atoms with Crippen LogP contribution in [-0.4, -0.2) is 68.5 Å². The van der Waals surface area contributed by atoms with Gasteiger partial charge in [-0.25, -0.2) is 0 Å². The molecule has 2 heterocycles. The lowest BCUT2D eigenvalue weighted by Gasteiger charge is -2.35. The first-order chi connectivity index (χ1) is 15.7. The first kappa shape index (κ1) is 21.4. The number of methoxy groups -OCH3 is 3. The fourth-order valence-corrected chi connectivity index (χ4v) is 3.85. The largest absolute Gasteiger partial charge is 0.496 e. The lowest BCUT2D eigenvalue weighted by molar-refractivity contribution is 0.0739. The molecule has 8 heteroatoms. The molecule has 32 heavy (non-hydrogen) atoms. The molecule has 1 aliphatic heterocycles. The predicted octanol–water partition coefficient (Wildman–Crippen LogP) is 3.13. The van der Waals surface area contributed by atoms with Crippen LogP contribution in [0.3, 0.4) is 0 Å². The minimum atomic E-state index is -0.100. The summed E-state index contributed by atoms with van der Waals surface area (Å²) < 4.78 is 16.2. The summed E-state index contributed by atoms with van der Waals surface area (Å²) in [6.07, 6.45) is 0. The first-order valence-corrected chi connectivity index (χ1v) is 10.4. The molecule has 2 aromatic carbocycles. The van der Waals surface area contributed by atoms with Gasteiger partial charge >= 0.3 is 0 Å². The maximum Gasteiger partial charge on any atom is 0.261 e. The van der Waals surface area contributed by atoms with Crippen molar-refractivity contribution in [3.05, 3.63) is 60.2 Å². The SMILES string of the molecule is COc1ccccc1-c1ccc(N2CCN(C(=O)c3c(OC)cccc3OC)CC2)nn1. The number of carbonyl (C=O) groups excluding carboxylic acids is 1. The number of hydrogen-bond acceptors (Lipinski definition) is 7. The molecule has 0 bridgehead atoms. The maximum absolute atomic E-state index is 13.2. The molecule has 0 N–H and O–H groups in total. The molecule has 8 nitrogen and oxygen atoms in total. The molecular formula is C24H26N4O4. The zero-order valence-electron chi connectivity index (χ0n) is 18.4. The van der Waals surface area contributed by atoms with E-state index in [9.17, 15) is 4.79 Å². The lowest BCUT2D eigenvalue weighted by Crippen LogP contribution is -2.49. The van der Waals surface area contributed by atoms with Gasteiger partial charge in [0.1, 0.15) is 22.8 Å². The van der Waals surface area contributed by atoms with Crippen molar-refractivity contribution in [1.82, 2.24) is 15.1 Å². The van der Waals surface area contributed by atoms with Crippen molar-refractivity contribution in [2.75, 3.05) is 52.4 Å². The molecule has 0 spiro atoms. The van der Waals surface area contributed by atoms with Crippen molar-refractivity contribution in [2.24, 2.45) is 0 Å². The average Bonchev–Trinajstić information content (AvgIpc) is 2.87. The molecule has 1 aromatic heterocycles. The highest BCUT2D eigenvalue weighted by Gasteiger charge is 2.27. The number of ether oxygens (including phenoxy) is 3. The Morgan fingerprint density at radius 2 is 1.38 bits per heavy atom. The molecular weight excluding hydrogens is 408 g/mol. The van der Waals surface area contributed by atoms with Crippen LogP contribution in [0.15, 0.2) is 54.6 Å². The third-order valence-electron chi connectivity index (χ3n) is 5.57. The summed E-state index contributed by atoms with van der Waals surface area (Å²) >= 11 is 0. The molecule has 0 atom stereocenters. The van der Waals surface area contributed by atoms with Gasteiger partial charge < -0.3 is 24.0 Å². The first-order valence-electron chi connectivity index (χ1n) is 10.4. The van der Waals surface area contributed by atoms with Gasteiger partial charge in [-0.2, -0.15) is 0 Å². The number of carbonyl (C=O) groups is 1. The molecule has 1 saturated heterocycles. The van der Waals surface area contributed by atoms with E-state index in [0.29, 0.717) is 43.2 Å². The van der Waals surface area contributed by atoms with Gasteiger partial charge in [-0.05, 0) is 36.4 Å². The highest BCUT2D eigenvalue weighted by atomic mass is 16.5. The van der Waals surface area contributed by atoms with E-state index in [1.165, 1.54) is 0 Å². The second kappa shape index (κ2) is 9.55. The number of aromatic nitrogens is 2. The van der Waals surface area contributed by atoms with Crippen LogP contribution < -0.4 is 19.1 Å². The number of piperazine rings is 1. The number of nitrogens with zero attached hydrogens (tertiary/aromatic N) is 4. The normalized spacial score (nSPS) is 13.6. The lowest BCUT2D eigenvalue weighted by atomic mass is 10.1. The fourth-order valence-electron chi connectivity index (χ4n) is 3.85. The van der Waals surface area contributed by atoms with Gasteiger partial charge in [0.25, 0.3) is 5.91 Å². The number of rotatable bonds is 6. The second-order valence-electron chi connectivity index (χ2n) is 7.29. The number of anilines is 1. The molecule has 0 aliphatic carbocycles. The standard InChI is InChI=1S/C24H26N4O4/c1-30-19-8-5-4-7-17(19)18-11-12-22(26-25-18)27-13-15-28(16-14-27)24(29)23-20(31-2)9-6-10-21(23)32-3/h4-12H,13-16H2,1-3H3. The highest BCUT2D eigenvalue weighted by Crippen LogP contribution is 2.31. The molecule has 166 valence electrons. The van der Waals surface area contributed by atoms with Gasteiger partial charge in [0, 0.05) is 31.7 Å². The molecule has 0 saturated carbocycles. The van der Waals surface area contributed by atoms with Gasteiger partial charge in [0.15, 0.2) is 5.82 Å². The Kier molecular flexibility index (Phi) is 6.39. The minimum absolute atomic E-state index is 0.100. The van der Waals surface area contributed by atoms with Crippen LogP contribution in [-0.2, 0) is 0 Å². The van der Waals surface area contributed by atoms with Crippen LogP contribution in [0.4, 0.5) is 5.82 Å². The Morgan fingerprint density at radius 3 is 1.97 bits per heavy atom. The molecule has 3 aromatic rings. The van der Waals surface area contributed by atoms with E-state index in [1.807, 2.05) is 41.3 Å². The van der Waals surface area contributed by atoms with Crippen molar-refractivity contribution in [3.63, 3.8) is 0 Å². The Balaban J connectivity index is 1.45. The number of amides is 1. The van der Waals surface area contributed by atoms with Crippen molar-refractivity contribution in [2.45, 2.75) is 0 Å². The van der Waals surface area contributed by atoms with E-state index < -0.39 is 0 Å². The smallest absolute Gasteiger partial charge is 0.261 e. The van der Waals surface area contributed by atoms with Crippen LogP contribution in [0.25, 0.3) is 11.3 Å². The topological polar surface area (TPSA) is 77.0 Å². The molecule has 1 amide bonds. The fraction of sp³-hybridized carbons (Fsp3) is 0.292. The summed E-state index contributed by atoms with van der Waals surface area (Å²) in [7, 11) is 4.75. The zero-order valence-corrected chi connectivity index (χ0v) is 18.4. The Bertz CT molecular complexity index is 1060. The van der Waals surface area contributed by atoms with E-state index in [2.05, 4.69) is 15.1 Å². The second-order valence-corrected chi connectivity index (χ2v) is 7.29. The van der Waals surface area contributed by atoms with Crippen molar-refractivity contribution < 1.29 is 19.0 Å². The molecule has 4 rings (SSSR count). The van der Waals surface area contributed by atoms with E-state index in [-0.39, 0.29) is 5.91 Å². The van der Waals surface area contributed by atoms with E-state index in [4.69, 9.17) is 14.2 Å². The Hall–Kier alpha value is -3.81. The van der Waals surface area contributed by atoms with Gasteiger partial charge in [-0.15, -0.1) is 10.2 Å². The number of benzene rings is 2. The summed E-state index contributed by atoms with van der Waals surface area (Å²) in [5.74, 6) is 2.46. The summed E-state index contributed by atoms with van der Waals surface area (Å²) in [6.45, 7) is 2.45. The van der Waals surface area contributed by atoms with E-state index >= 15 is 0 Å². The number of hydrogen-bond donors (Lipinski definition) is 0. The van der Waals surface area contributed by atoms with Gasteiger partial charge in [-0.3, -0.25) is 4.79 Å². The number of para-hydroxylation sites is 1. The minimum Gasteiger partial charge on any atom is -0.496 e. The van der Waals surface area contributed by atoms with Crippen molar-refractivity contribution in [3.8, 4) is 28.5 Å². The van der Waals surface area contributed by atoms with Crippen LogP contribution in [0.5, 0.6) is 17.2 Å². The van der Waals surface area contributed by atoms with Gasteiger partial charge in [0.05, 0.1) is 27.0 Å². The van der Waals surface area contributed by atoms with Crippen LogP contribution in [0.2, 0.25) is 0 Å². The van der Waals surface area contributed by atoms with Crippen LogP contribution >= 0.6 is 0 Å². The monoisotopic (exact) mass is 434 g/mol. The average molecular weight is 434 g/mol. The van der Waals surface area contributed by atoms with Gasteiger partial charge in [-0.1, -0.05) is 18.2 Å². The van der Waals surface area contributed by atoms with Gasteiger partial charge in [0.2, 0.25) is 0 Å². The summed E-state index contributed by atoms with van der Waals surface area (Å²) in [4.78, 5) is 17.1. The molecule has 0 radical (unpaired) electrons. The van der Waals surface area contributed by atoms with Crippen molar-refractivity contribution in [1.29, 1.82) is 0 Å². The summed E-state index contributed by atoms with van der Waals surface area (Å²) in [5.41, 5.74) is 2.10. The molecule has 1 fully saturated rings. The van der Waals surface area contributed by atoms with E-state index in [1.54, 1.807) is 39.5 Å². The Morgan fingerprint density at radius 1 is 0.750 bits per heavy atom. The van der Waals surface area contributed by atoms with Crippen LogP contribution in [0.1, 0.15) is 10.4 Å². The zero-order chi connectivity index (χ0) is 22.5. The Labute approximate surface area is 187 Å². The molecule has 0 unspecified atom stereocenters. The van der Waals surface area contributed by atoms with E-state index in [0.717, 1.165) is 22.8 Å². The highest BCUT2D eigenvalue weighted by molar-refractivity contribution is 5.99.